The number of benzene rings is 1. The molecular formula is C13H18N2O3. The fourth-order valence-corrected chi connectivity index (χ4v) is 1.68. The van der Waals surface area contributed by atoms with E-state index in [1.807, 2.05) is 6.92 Å². The van der Waals surface area contributed by atoms with E-state index in [0.717, 1.165) is 0 Å². The van der Waals surface area contributed by atoms with E-state index in [0.29, 0.717) is 29.7 Å². The molecule has 0 aromatic heterocycles. The molecule has 0 radical (unpaired) electrons. The van der Waals surface area contributed by atoms with E-state index < -0.39 is 17.9 Å². The molecular weight excluding hydrogens is 232 g/mol. The maximum atomic E-state index is 12.0. The third-order valence-corrected chi connectivity index (χ3v) is 2.80. The van der Waals surface area contributed by atoms with Gasteiger partial charge in [0.15, 0.2) is 0 Å². The summed E-state index contributed by atoms with van der Waals surface area (Å²) in [6.07, 6.45) is 1.09. The lowest BCUT2D eigenvalue weighted by Crippen LogP contribution is -2.40. The molecule has 0 aliphatic carbocycles. The van der Waals surface area contributed by atoms with E-state index in [4.69, 9.17) is 10.8 Å². The van der Waals surface area contributed by atoms with Gasteiger partial charge in [0, 0.05) is 11.3 Å². The van der Waals surface area contributed by atoms with E-state index in [1.54, 1.807) is 25.1 Å². The third-order valence-electron chi connectivity index (χ3n) is 2.80. The molecule has 0 fully saturated rings. The van der Waals surface area contributed by atoms with Crippen molar-refractivity contribution in [3.8, 4) is 0 Å². The first-order valence-electron chi connectivity index (χ1n) is 5.86. The number of amides is 1. The van der Waals surface area contributed by atoms with Gasteiger partial charge in [-0.2, -0.15) is 0 Å². The number of hydrogen-bond donors (Lipinski definition) is 3. The summed E-state index contributed by atoms with van der Waals surface area (Å²) < 4.78 is 0. The molecule has 5 nitrogen and oxygen atoms in total. The van der Waals surface area contributed by atoms with Crippen molar-refractivity contribution in [1.29, 1.82) is 0 Å². The molecule has 1 atom stereocenters. The predicted molar refractivity (Wildman–Crippen MR) is 69.4 cm³/mol. The lowest BCUT2D eigenvalue weighted by atomic mass is 10.1. The average Bonchev–Trinajstić information content (AvgIpc) is 2.31. The van der Waals surface area contributed by atoms with Gasteiger partial charge in [-0.05, 0) is 31.0 Å². The second kappa shape index (κ2) is 6.05. The number of carboxylic acid groups (broad SMARTS) is 1. The smallest absolute Gasteiger partial charge is 0.326 e. The van der Waals surface area contributed by atoms with Crippen LogP contribution in [0.4, 0.5) is 5.69 Å². The minimum atomic E-state index is -1.02. The van der Waals surface area contributed by atoms with Crippen molar-refractivity contribution in [2.24, 2.45) is 0 Å². The number of nitrogens with one attached hydrogen (secondary N) is 1. The maximum absolute atomic E-state index is 12.0. The highest BCUT2D eigenvalue weighted by molar-refractivity contribution is 5.98. The largest absolute Gasteiger partial charge is 0.480 e. The number of nitrogen functional groups attached to an aromatic ring is 1. The molecule has 0 unspecified atom stereocenters. The molecule has 1 rings (SSSR count). The van der Waals surface area contributed by atoms with Gasteiger partial charge in [-0.1, -0.05) is 19.4 Å². The Morgan fingerprint density at radius 3 is 2.67 bits per heavy atom. The van der Waals surface area contributed by atoms with Crippen molar-refractivity contribution in [1.82, 2.24) is 5.32 Å². The molecule has 0 bridgehead atoms. The summed E-state index contributed by atoms with van der Waals surface area (Å²) in [7, 11) is 0. The molecule has 1 aromatic rings. The van der Waals surface area contributed by atoms with Crippen LogP contribution in [0, 0.1) is 6.92 Å². The molecule has 5 heteroatoms. The van der Waals surface area contributed by atoms with Crippen molar-refractivity contribution in [2.45, 2.75) is 32.7 Å². The van der Waals surface area contributed by atoms with Crippen molar-refractivity contribution < 1.29 is 14.7 Å². The zero-order chi connectivity index (χ0) is 13.7. The Morgan fingerprint density at radius 1 is 1.44 bits per heavy atom. The Kier molecular flexibility index (Phi) is 4.71. The first-order chi connectivity index (χ1) is 8.47. The Balaban J connectivity index is 2.87. The van der Waals surface area contributed by atoms with Gasteiger partial charge in [0.05, 0.1) is 0 Å². The van der Waals surface area contributed by atoms with Crippen LogP contribution < -0.4 is 11.1 Å². The summed E-state index contributed by atoms with van der Waals surface area (Å²) >= 11 is 0. The van der Waals surface area contributed by atoms with Gasteiger partial charge < -0.3 is 16.2 Å². The third kappa shape index (κ3) is 3.23. The quantitative estimate of drug-likeness (QED) is 0.691. The second-order valence-electron chi connectivity index (χ2n) is 4.17. The Morgan fingerprint density at radius 2 is 2.11 bits per heavy atom. The van der Waals surface area contributed by atoms with Crippen LogP contribution >= 0.6 is 0 Å². The summed E-state index contributed by atoms with van der Waals surface area (Å²) in [6, 6.07) is 4.15. The van der Waals surface area contributed by atoms with Gasteiger partial charge in [-0.3, -0.25) is 4.79 Å². The molecule has 0 saturated carbocycles. The predicted octanol–water partition coefficient (Wildman–Crippen LogP) is 1.56. The van der Waals surface area contributed by atoms with Gasteiger partial charge in [0.25, 0.3) is 5.91 Å². The molecule has 0 saturated heterocycles. The van der Waals surface area contributed by atoms with Gasteiger partial charge in [0.2, 0.25) is 0 Å². The van der Waals surface area contributed by atoms with E-state index in [1.165, 1.54) is 0 Å². The number of carboxylic acids is 1. The van der Waals surface area contributed by atoms with Gasteiger partial charge in [-0.25, -0.2) is 4.79 Å². The Hall–Kier alpha value is -2.04. The molecule has 1 aromatic carbocycles. The molecule has 98 valence electrons. The van der Waals surface area contributed by atoms with Crippen molar-refractivity contribution in [2.75, 3.05) is 5.73 Å². The lowest BCUT2D eigenvalue weighted by Gasteiger charge is -2.15. The van der Waals surface area contributed by atoms with Crippen LogP contribution in [0.2, 0.25) is 0 Å². The van der Waals surface area contributed by atoms with Crippen LogP contribution in [0.15, 0.2) is 18.2 Å². The van der Waals surface area contributed by atoms with Gasteiger partial charge in [-0.15, -0.1) is 0 Å². The van der Waals surface area contributed by atoms with Gasteiger partial charge in [0.1, 0.15) is 6.04 Å². The van der Waals surface area contributed by atoms with Gasteiger partial charge >= 0.3 is 5.97 Å². The van der Waals surface area contributed by atoms with E-state index >= 15 is 0 Å². The number of nitrogens with two attached hydrogens (primary N) is 1. The number of rotatable bonds is 5. The second-order valence-corrected chi connectivity index (χ2v) is 4.17. The van der Waals surface area contributed by atoms with Crippen molar-refractivity contribution in [3.05, 3.63) is 29.3 Å². The molecule has 0 spiro atoms. The normalized spacial score (nSPS) is 11.9. The van der Waals surface area contributed by atoms with Crippen molar-refractivity contribution in [3.63, 3.8) is 0 Å². The molecule has 1 amide bonds. The summed E-state index contributed by atoms with van der Waals surface area (Å²) in [5.41, 5.74) is 7.31. The average molecular weight is 250 g/mol. The van der Waals surface area contributed by atoms with Crippen LogP contribution in [-0.4, -0.2) is 23.0 Å². The summed E-state index contributed by atoms with van der Waals surface area (Å²) in [6.45, 7) is 3.60. The van der Waals surface area contributed by atoms with Crippen LogP contribution in [0.1, 0.15) is 35.7 Å². The van der Waals surface area contributed by atoms with E-state index in [-0.39, 0.29) is 0 Å². The minimum Gasteiger partial charge on any atom is -0.480 e. The number of hydrogen-bond acceptors (Lipinski definition) is 3. The molecule has 0 heterocycles. The molecule has 0 aliphatic rings. The minimum absolute atomic E-state index is 0.402. The molecule has 18 heavy (non-hydrogen) atoms. The Labute approximate surface area is 106 Å². The highest BCUT2D eigenvalue weighted by Crippen LogP contribution is 2.15. The van der Waals surface area contributed by atoms with Crippen LogP contribution in [0.3, 0.4) is 0 Å². The van der Waals surface area contributed by atoms with Crippen LogP contribution in [-0.2, 0) is 4.79 Å². The van der Waals surface area contributed by atoms with Crippen LogP contribution in [0.5, 0.6) is 0 Å². The number of aliphatic carboxylic acids is 1. The summed E-state index contributed by atoms with van der Waals surface area (Å²) in [5, 5.41) is 11.5. The fourth-order valence-electron chi connectivity index (χ4n) is 1.68. The summed E-state index contributed by atoms with van der Waals surface area (Å²) in [5.74, 6) is -1.42. The maximum Gasteiger partial charge on any atom is 0.326 e. The molecule has 0 aliphatic heterocycles. The number of anilines is 1. The number of carbonyl (C=O) groups is 2. The first kappa shape index (κ1) is 14.0. The molecule has 4 N–H and O–H groups in total. The van der Waals surface area contributed by atoms with Crippen LogP contribution in [0.25, 0.3) is 0 Å². The van der Waals surface area contributed by atoms with E-state index in [9.17, 15) is 9.59 Å². The highest BCUT2D eigenvalue weighted by Gasteiger charge is 2.20. The topological polar surface area (TPSA) is 92.4 Å². The monoisotopic (exact) mass is 250 g/mol. The standard InChI is InChI=1S/C13H18N2O3/c1-3-5-11(13(17)18)15-12(16)9-6-4-7-10(14)8(9)2/h4,6-7,11H,3,5,14H2,1-2H3,(H,15,16)(H,17,18)/t11-/m1/s1. The highest BCUT2D eigenvalue weighted by atomic mass is 16.4. The van der Waals surface area contributed by atoms with E-state index in [2.05, 4.69) is 5.32 Å². The zero-order valence-corrected chi connectivity index (χ0v) is 10.6. The first-order valence-corrected chi connectivity index (χ1v) is 5.86. The Bertz CT molecular complexity index is 458. The fraction of sp³-hybridized carbons (Fsp3) is 0.385. The SMILES string of the molecule is CCC[C@@H](NC(=O)c1cccc(N)c1C)C(=O)O. The van der Waals surface area contributed by atoms with Crippen molar-refractivity contribution >= 4 is 17.6 Å². The number of carbonyl (C=O) groups excluding carboxylic acids is 1. The summed E-state index contributed by atoms with van der Waals surface area (Å²) in [4.78, 5) is 22.9. The zero-order valence-electron chi connectivity index (χ0n) is 10.6. The lowest BCUT2D eigenvalue weighted by molar-refractivity contribution is -0.139.